The summed E-state index contributed by atoms with van der Waals surface area (Å²) < 4.78 is 0. The molecule has 2 nitrogen and oxygen atoms in total. The van der Waals surface area contributed by atoms with Crippen molar-refractivity contribution in [3.05, 3.63) is 59.2 Å². The Labute approximate surface area is 128 Å². The smallest absolute Gasteiger partial charge is 0.0802 e. The zero-order chi connectivity index (χ0) is 15.5. The molecule has 1 unspecified atom stereocenters. The molecule has 112 valence electrons. The Kier molecular flexibility index (Phi) is 8.19. The minimum absolute atomic E-state index is 0.481. The van der Waals surface area contributed by atoms with E-state index in [0.717, 1.165) is 24.0 Å². The number of benzene rings is 1. The molecule has 0 bridgehead atoms. The molecule has 0 radical (unpaired) electrons. The highest BCUT2D eigenvalue weighted by Crippen LogP contribution is 2.16. The monoisotopic (exact) mass is 283 g/mol. The lowest BCUT2D eigenvalue weighted by Gasteiger charge is -2.09. The van der Waals surface area contributed by atoms with Crippen molar-refractivity contribution in [2.24, 2.45) is 5.73 Å². The molecule has 0 aliphatic carbocycles. The van der Waals surface area contributed by atoms with Crippen LogP contribution in [-0.2, 0) is 0 Å². The summed E-state index contributed by atoms with van der Waals surface area (Å²) in [5, 5.41) is 9.93. The van der Waals surface area contributed by atoms with Gasteiger partial charge in [0, 0.05) is 12.0 Å². The minimum Gasteiger partial charge on any atom is -0.388 e. The molecule has 21 heavy (non-hydrogen) atoms. The lowest BCUT2D eigenvalue weighted by Crippen LogP contribution is -2.06. The van der Waals surface area contributed by atoms with Gasteiger partial charge in [-0.15, -0.1) is 0 Å². The fraction of sp³-hybridized carbons (Fsp3) is 0.368. The number of allylic oxidation sites excluding steroid dienone is 4. The Morgan fingerprint density at radius 3 is 2.95 bits per heavy atom. The van der Waals surface area contributed by atoms with Crippen molar-refractivity contribution in [3.8, 4) is 11.8 Å². The molecule has 0 aliphatic rings. The van der Waals surface area contributed by atoms with E-state index in [2.05, 4.69) is 24.8 Å². The van der Waals surface area contributed by atoms with Gasteiger partial charge in [-0.2, -0.15) is 0 Å². The summed E-state index contributed by atoms with van der Waals surface area (Å²) in [5.74, 6) is 6.34. The lowest BCUT2D eigenvalue weighted by atomic mass is 10.0. The van der Waals surface area contributed by atoms with Gasteiger partial charge in [-0.1, -0.05) is 47.8 Å². The first kappa shape index (κ1) is 17.2. The first-order valence-corrected chi connectivity index (χ1v) is 7.42. The largest absolute Gasteiger partial charge is 0.388 e. The molecule has 1 aromatic rings. The van der Waals surface area contributed by atoms with Gasteiger partial charge in [0.1, 0.15) is 0 Å². The number of hydrogen-bond donors (Lipinski definition) is 2. The van der Waals surface area contributed by atoms with E-state index in [0.29, 0.717) is 13.0 Å². The molecule has 0 aliphatic heterocycles. The van der Waals surface area contributed by atoms with E-state index in [9.17, 15) is 5.11 Å². The Balaban J connectivity index is 2.60. The highest BCUT2D eigenvalue weighted by molar-refractivity contribution is 5.38. The van der Waals surface area contributed by atoms with Crippen molar-refractivity contribution in [2.45, 2.75) is 39.2 Å². The van der Waals surface area contributed by atoms with E-state index in [1.165, 1.54) is 5.57 Å². The normalized spacial score (nSPS) is 13.0. The standard InChI is InChI=1S/C19H25NO/c1-3-4-8-16(2)9-5-6-10-17-11-7-12-18(15-17)19(21)13-14-20/h3-4,7-8,11-12,15,19,21H,5,9,13-14,20H2,1-2H3/b4-3-,16-8+. The van der Waals surface area contributed by atoms with Gasteiger partial charge in [-0.25, -0.2) is 0 Å². The van der Waals surface area contributed by atoms with Crippen LogP contribution in [0, 0.1) is 11.8 Å². The van der Waals surface area contributed by atoms with Crippen molar-refractivity contribution in [3.63, 3.8) is 0 Å². The van der Waals surface area contributed by atoms with Crippen LogP contribution >= 0.6 is 0 Å². The maximum Gasteiger partial charge on any atom is 0.0802 e. The van der Waals surface area contributed by atoms with Gasteiger partial charge in [-0.3, -0.25) is 0 Å². The van der Waals surface area contributed by atoms with Gasteiger partial charge >= 0.3 is 0 Å². The summed E-state index contributed by atoms with van der Waals surface area (Å²) in [5.41, 5.74) is 8.62. The molecule has 2 heteroatoms. The van der Waals surface area contributed by atoms with Crippen molar-refractivity contribution in [1.29, 1.82) is 0 Å². The molecule has 0 aromatic heterocycles. The van der Waals surface area contributed by atoms with E-state index in [1.54, 1.807) is 0 Å². The third kappa shape index (κ3) is 6.94. The van der Waals surface area contributed by atoms with E-state index >= 15 is 0 Å². The van der Waals surface area contributed by atoms with Crippen LogP contribution in [0.5, 0.6) is 0 Å². The van der Waals surface area contributed by atoms with Crippen LogP contribution in [0.15, 0.2) is 48.1 Å². The summed E-state index contributed by atoms with van der Waals surface area (Å²) >= 11 is 0. The Morgan fingerprint density at radius 2 is 2.24 bits per heavy atom. The fourth-order valence-electron chi connectivity index (χ4n) is 1.92. The van der Waals surface area contributed by atoms with Crippen LogP contribution in [0.2, 0.25) is 0 Å². The third-order valence-corrected chi connectivity index (χ3v) is 3.16. The van der Waals surface area contributed by atoms with Crippen LogP contribution in [-0.4, -0.2) is 11.7 Å². The number of rotatable bonds is 6. The quantitative estimate of drug-likeness (QED) is 0.617. The summed E-state index contributed by atoms with van der Waals surface area (Å²) in [6.45, 7) is 4.61. The molecule has 0 saturated carbocycles. The van der Waals surface area contributed by atoms with E-state index in [1.807, 2.05) is 43.3 Å². The summed E-state index contributed by atoms with van der Waals surface area (Å²) in [6, 6.07) is 7.75. The Morgan fingerprint density at radius 1 is 1.43 bits per heavy atom. The van der Waals surface area contributed by atoms with E-state index in [4.69, 9.17) is 5.73 Å². The average Bonchev–Trinajstić information content (AvgIpc) is 2.50. The molecule has 1 rings (SSSR count). The highest BCUT2D eigenvalue weighted by Gasteiger charge is 2.05. The predicted octanol–water partition coefficient (Wildman–Crippen LogP) is 3.72. The Bertz CT molecular complexity index is 546. The first-order chi connectivity index (χ1) is 10.2. The van der Waals surface area contributed by atoms with Gasteiger partial charge in [0.25, 0.3) is 0 Å². The SMILES string of the molecule is C/C=C\C=C(/C)CCC#Cc1cccc(C(O)CCN)c1. The van der Waals surface area contributed by atoms with Gasteiger partial charge in [0.15, 0.2) is 0 Å². The third-order valence-electron chi connectivity index (χ3n) is 3.16. The second kappa shape index (κ2) is 9.99. The van der Waals surface area contributed by atoms with Gasteiger partial charge in [0.2, 0.25) is 0 Å². The maximum absolute atomic E-state index is 9.93. The number of aliphatic hydroxyl groups excluding tert-OH is 1. The van der Waals surface area contributed by atoms with Crippen molar-refractivity contribution >= 4 is 0 Å². The lowest BCUT2D eigenvalue weighted by molar-refractivity contribution is 0.170. The predicted molar refractivity (Wildman–Crippen MR) is 89.8 cm³/mol. The zero-order valence-corrected chi connectivity index (χ0v) is 13.0. The summed E-state index contributed by atoms with van der Waals surface area (Å²) in [4.78, 5) is 0. The Hall–Kier alpha value is -1.82. The van der Waals surface area contributed by atoms with Crippen molar-refractivity contribution < 1.29 is 5.11 Å². The van der Waals surface area contributed by atoms with Crippen LogP contribution < -0.4 is 5.73 Å². The molecular formula is C19H25NO. The molecule has 3 N–H and O–H groups in total. The first-order valence-electron chi connectivity index (χ1n) is 7.42. The zero-order valence-electron chi connectivity index (χ0n) is 13.0. The van der Waals surface area contributed by atoms with Crippen LogP contribution in [0.3, 0.4) is 0 Å². The molecule has 0 fully saturated rings. The fourth-order valence-corrected chi connectivity index (χ4v) is 1.92. The van der Waals surface area contributed by atoms with E-state index in [-0.39, 0.29) is 0 Å². The van der Waals surface area contributed by atoms with Gasteiger partial charge in [0.05, 0.1) is 6.10 Å². The molecule has 1 atom stereocenters. The average molecular weight is 283 g/mol. The minimum atomic E-state index is -0.497. The van der Waals surface area contributed by atoms with Gasteiger partial charge < -0.3 is 10.8 Å². The second-order valence-electron chi connectivity index (χ2n) is 5.06. The van der Waals surface area contributed by atoms with Crippen molar-refractivity contribution in [2.75, 3.05) is 6.54 Å². The number of aliphatic hydroxyl groups is 1. The molecule has 1 aromatic carbocycles. The summed E-state index contributed by atoms with van der Waals surface area (Å²) in [6.07, 6.45) is 8.08. The van der Waals surface area contributed by atoms with Crippen molar-refractivity contribution in [1.82, 2.24) is 0 Å². The van der Waals surface area contributed by atoms with Crippen LogP contribution in [0.4, 0.5) is 0 Å². The topological polar surface area (TPSA) is 46.2 Å². The molecule has 0 saturated heterocycles. The molecule has 0 spiro atoms. The molecule has 0 heterocycles. The van der Waals surface area contributed by atoms with Crippen LogP contribution in [0.1, 0.15) is 50.3 Å². The second-order valence-corrected chi connectivity index (χ2v) is 5.06. The van der Waals surface area contributed by atoms with E-state index < -0.39 is 6.10 Å². The maximum atomic E-state index is 9.93. The van der Waals surface area contributed by atoms with Crippen LogP contribution in [0.25, 0.3) is 0 Å². The molecule has 0 amide bonds. The molecular weight excluding hydrogens is 258 g/mol. The number of nitrogens with two attached hydrogens (primary N) is 1. The highest BCUT2D eigenvalue weighted by atomic mass is 16.3. The van der Waals surface area contributed by atoms with Gasteiger partial charge in [-0.05, 0) is 50.9 Å². The summed E-state index contributed by atoms with van der Waals surface area (Å²) in [7, 11) is 0. The number of hydrogen-bond acceptors (Lipinski definition) is 2.